The number of nitrogens with two attached hydrogens (primary N) is 1. The first-order valence-electron chi connectivity index (χ1n) is 3.52. The Morgan fingerprint density at radius 1 is 1.82 bits per heavy atom. The van der Waals surface area contributed by atoms with E-state index in [0.717, 1.165) is 12.0 Å². The molecule has 0 aliphatic rings. The van der Waals surface area contributed by atoms with Gasteiger partial charge >= 0.3 is 0 Å². The van der Waals surface area contributed by atoms with Crippen LogP contribution < -0.4 is 5.73 Å². The summed E-state index contributed by atoms with van der Waals surface area (Å²) in [5.41, 5.74) is 6.59. The zero-order chi connectivity index (χ0) is 8.27. The van der Waals surface area contributed by atoms with Gasteiger partial charge in [-0.3, -0.25) is 0 Å². The Bertz CT molecular complexity index is 272. The number of rotatable bonds is 2. The molecule has 1 aromatic heterocycles. The lowest BCUT2D eigenvalue weighted by Crippen LogP contribution is -2.06. The molecule has 58 valence electrons. The third kappa shape index (κ3) is 1.60. The van der Waals surface area contributed by atoms with E-state index in [1.54, 1.807) is 6.07 Å². The van der Waals surface area contributed by atoms with Crippen LogP contribution in [0.4, 0.5) is 0 Å². The van der Waals surface area contributed by atoms with Crippen molar-refractivity contribution in [3.8, 4) is 6.07 Å². The molecule has 1 atom stereocenters. The fraction of sp³-hybridized carbons (Fsp3) is 0.375. The van der Waals surface area contributed by atoms with E-state index in [-0.39, 0.29) is 6.04 Å². The zero-order valence-corrected chi connectivity index (χ0v) is 6.37. The van der Waals surface area contributed by atoms with Crippen LogP contribution in [0.5, 0.6) is 0 Å². The van der Waals surface area contributed by atoms with Gasteiger partial charge in [0.25, 0.3) is 0 Å². The summed E-state index contributed by atoms with van der Waals surface area (Å²) in [7, 11) is 0. The van der Waals surface area contributed by atoms with Crippen molar-refractivity contribution in [3.05, 3.63) is 23.7 Å². The van der Waals surface area contributed by atoms with Crippen molar-refractivity contribution >= 4 is 0 Å². The largest absolute Gasteiger partial charge is 0.454 e. The van der Waals surface area contributed by atoms with E-state index < -0.39 is 0 Å². The first-order valence-corrected chi connectivity index (χ1v) is 3.52. The van der Waals surface area contributed by atoms with Gasteiger partial charge in [0, 0.05) is 11.6 Å². The van der Waals surface area contributed by atoms with Gasteiger partial charge in [-0.05, 0) is 12.5 Å². The van der Waals surface area contributed by atoms with Gasteiger partial charge in [-0.2, -0.15) is 5.26 Å². The first-order chi connectivity index (χ1) is 5.27. The van der Waals surface area contributed by atoms with Gasteiger partial charge in [-0.25, -0.2) is 0 Å². The maximum absolute atomic E-state index is 8.42. The number of furan rings is 1. The van der Waals surface area contributed by atoms with Crippen LogP contribution >= 0.6 is 0 Å². The molecule has 3 nitrogen and oxygen atoms in total. The number of hydrogen-bond acceptors (Lipinski definition) is 3. The lowest BCUT2D eigenvalue weighted by Gasteiger charge is -2.02. The average molecular weight is 150 g/mol. The summed E-state index contributed by atoms with van der Waals surface area (Å²) in [5.74, 6) is 0.323. The summed E-state index contributed by atoms with van der Waals surface area (Å²) in [6.45, 7) is 1.99. The summed E-state index contributed by atoms with van der Waals surface area (Å²) < 4.78 is 4.90. The van der Waals surface area contributed by atoms with Crippen LogP contribution in [0.2, 0.25) is 0 Å². The number of nitrogens with zero attached hydrogens (tertiary/aromatic N) is 1. The second-order valence-electron chi connectivity index (χ2n) is 2.37. The van der Waals surface area contributed by atoms with Gasteiger partial charge in [0.2, 0.25) is 5.76 Å². The second-order valence-corrected chi connectivity index (χ2v) is 2.37. The number of hydrogen-bond donors (Lipinski definition) is 1. The maximum Gasteiger partial charge on any atom is 0.203 e. The van der Waals surface area contributed by atoms with Crippen molar-refractivity contribution in [2.24, 2.45) is 5.73 Å². The normalized spacial score (nSPS) is 12.5. The van der Waals surface area contributed by atoms with Crippen LogP contribution in [0.25, 0.3) is 0 Å². The van der Waals surface area contributed by atoms with Gasteiger partial charge in [0.1, 0.15) is 6.07 Å². The molecule has 0 bridgehead atoms. The Kier molecular flexibility index (Phi) is 2.29. The lowest BCUT2D eigenvalue weighted by atomic mass is 10.1. The van der Waals surface area contributed by atoms with Crippen molar-refractivity contribution in [2.75, 3.05) is 0 Å². The molecule has 1 aromatic rings. The summed E-state index contributed by atoms with van der Waals surface area (Å²) in [5, 5.41) is 8.42. The fourth-order valence-electron chi connectivity index (χ4n) is 0.840. The summed E-state index contributed by atoms with van der Waals surface area (Å²) >= 11 is 0. The first kappa shape index (κ1) is 7.83. The highest BCUT2D eigenvalue weighted by atomic mass is 16.3. The molecule has 0 aliphatic carbocycles. The van der Waals surface area contributed by atoms with Crippen LogP contribution in [0, 0.1) is 11.3 Å². The molecular formula is C8H10N2O. The van der Waals surface area contributed by atoms with Gasteiger partial charge in [-0.1, -0.05) is 6.92 Å². The van der Waals surface area contributed by atoms with Crippen LogP contribution in [0.1, 0.15) is 30.7 Å². The average Bonchev–Trinajstić information content (AvgIpc) is 2.50. The van der Waals surface area contributed by atoms with Gasteiger partial charge in [0.05, 0.1) is 6.26 Å². The number of nitriles is 1. The quantitative estimate of drug-likeness (QED) is 0.695. The fourth-order valence-corrected chi connectivity index (χ4v) is 0.840. The molecule has 0 fully saturated rings. The molecule has 0 aromatic carbocycles. The predicted molar refractivity (Wildman–Crippen MR) is 40.6 cm³/mol. The Morgan fingerprint density at radius 3 is 3.00 bits per heavy atom. The molecule has 1 heterocycles. The highest BCUT2D eigenvalue weighted by molar-refractivity contribution is 5.24. The van der Waals surface area contributed by atoms with Gasteiger partial charge in [-0.15, -0.1) is 0 Å². The van der Waals surface area contributed by atoms with Crippen molar-refractivity contribution < 1.29 is 4.42 Å². The zero-order valence-electron chi connectivity index (χ0n) is 6.37. The molecule has 0 aliphatic heterocycles. The van der Waals surface area contributed by atoms with Crippen molar-refractivity contribution in [1.29, 1.82) is 5.26 Å². The molecule has 0 saturated heterocycles. The Balaban J connectivity index is 2.82. The van der Waals surface area contributed by atoms with E-state index in [1.165, 1.54) is 6.26 Å². The molecule has 0 radical (unpaired) electrons. The Morgan fingerprint density at radius 2 is 2.55 bits per heavy atom. The van der Waals surface area contributed by atoms with Gasteiger partial charge < -0.3 is 10.2 Å². The molecule has 11 heavy (non-hydrogen) atoms. The summed E-state index contributed by atoms with van der Waals surface area (Å²) in [6.07, 6.45) is 2.39. The van der Waals surface area contributed by atoms with Crippen molar-refractivity contribution in [3.63, 3.8) is 0 Å². The Labute approximate surface area is 65.4 Å². The monoisotopic (exact) mass is 150 g/mol. The molecule has 3 heteroatoms. The second kappa shape index (κ2) is 3.22. The minimum Gasteiger partial charge on any atom is -0.454 e. The van der Waals surface area contributed by atoms with E-state index in [4.69, 9.17) is 15.4 Å². The highest BCUT2D eigenvalue weighted by Gasteiger charge is 2.06. The predicted octanol–water partition coefficient (Wildman–Crippen LogP) is 1.56. The van der Waals surface area contributed by atoms with Gasteiger partial charge in [0.15, 0.2) is 0 Å². The topological polar surface area (TPSA) is 62.9 Å². The summed E-state index contributed by atoms with van der Waals surface area (Å²) in [4.78, 5) is 0. The maximum atomic E-state index is 8.42. The smallest absolute Gasteiger partial charge is 0.203 e. The van der Waals surface area contributed by atoms with Crippen LogP contribution in [0.3, 0.4) is 0 Å². The van der Waals surface area contributed by atoms with Crippen LogP contribution in [-0.2, 0) is 0 Å². The summed E-state index contributed by atoms with van der Waals surface area (Å²) in [6, 6.07) is 3.57. The van der Waals surface area contributed by atoms with E-state index in [9.17, 15) is 0 Å². The third-order valence-corrected chi connectivity index (χ3v) is 1.60. The molecule has 2 N–H and O–H groups in total. The standard InChI is InChI=1S/C8H10N2O/c1-2-8(10)6-3-7(4-9)11-5-6/h3,5,8H,2,10H2,1H3/t8-/m1/s1. The van der Waals surface area contributed by atoms with E-state index in [2.05, 4.69) is 0 Å². The molecule has 0 saturated carbocycles. The molecular weight excluding hydrogens is 140 g/mol. The van der Waals surface area contributed by atoms with Crippen molar-refractivity contribution in [2.45, 2.75) is 19.4 Å². The van der Waals surface area contributed by atoms with E-state index >= 15 is 0 Å². The van der Waals surface area contributed by atoms with E-state index in [1.807, 2.05) is 13.0 Å². The third-order valence-electron chi connectivity index (χ3n) is 1.60. The Hall–Kier alpha value is -1.27. The van der Waals surface area contributed by atoms with Crippen LogP contribution in [-0.4, -0.2) is 0 Å². The minimum absolute atomic E-state index is 0.0131. The lowest BCUT2D eigenvalue weighted by molar-refractivity contribution is 0.544. The van der Waals surface area contributed by atoms with Crippen LogP contribution in [0.15, 0.2) is 16.7 Å². The minimum atomic E-state index is -0.0131. The SMILES string of the molecule is CC[C@@H](N)c1coc(C#N)c1. The highest BCUT2D eigenvalue weighted by Crippen LogP contribution is 2.15. The van der Waals surface area contributed by atoms with Crippen molar-refractivity contribution in [1.82, 2.24) is 0 Å². The molecule has 0 spiro atoms. The molecule has 1 rings (SSSR count). The molecule has 0 amide bonds. The molecule has 0 unspecified atom stereocenters. The van der Waals surface area contributed by atoms with E-state index in [0.29, 0.717) is 5.76 Å².